The number of hydrogen-bond donors (Lipinski definition) is 1. The molecule has 4 rings (SSSR count). The van der Waals surface area contributed by atoms with Gasteiger partial charge in [0.15, 0.2) is 9.84 Å². The van der Waals surface area contributed by atoms with Gasteiger partial charge in [-0.15, -0.1) is 0 Å². The summed E-state index contributed by atoms with van der Waals surface area (Å²) in [5.41, 5.74) is 1.81. The van der Waals surface area contributed by atoms with Crippen LogP contribution in [-0.4, -0.2) is 32.0 Å². The Morgan fingerprint density at radius 2 is 1.94 bits per heavy atom. The summed E-state index contributed by atoms with van der Waals surface area (Å²) < 4.78 is 38.7. The Balaban J connectivity index is 1.44. The van der Waals surface area contributed by atoms with Crippen molar-refractivity contribution in [1.29, 1.82) is 0 Å². The van der Waals surface area contributed by atoms with Gasteiger partial charge >= 0.3 is 0 Å². The summed E-state index contributed by atoms with van der Waals surface area (Å²) in [6.07, 6.45) is 2.15. The van der Waals surface area contributed by atoms with E-state index in [1.165, 1.54) is 12.1 Å². The summed E-state index contributed by atoms with van der Waals surface area (Å²) in [7, 11) is -3.70. The number of sulfone groups is 1. The van der Waals surface area contributed by atoms with Crippen molar-refractivity contribution < 1.29 is 22.4 Å². The van der Waals surface area contributed by atoms with Crippen molar-refractivity contribution in [3.8, 4) is 0 Å². The minimum absolute atomic E-state index is 0.00714. The van der Waals surface area contributed by atoms with Crippen molar-refractivity contribution in [3.63, 3.8) is 0 Å². The molecule has 6 nitrogen and oxygen atoms in total. The van der Waals surface area contributed by atoms with Gasteiger partial charge in [-0.05, 0) is 68.1 Å². The zero-order valence-corrected chi connectivity index (χ0v) is 18.5. The highest BCUT2D eigenvalue weighted by Gasteiger charge is 2.39. The SMILES string of the molecule is C[C@H]1Cc2cc(S(=O)(=O)CCC(=O)Nc3ccc(F)cc3Cl)ccc2N1C(=O)C1CC1. The fourth-order valence-corrected chi connectivity index (χ4v) is 5.31. The van der Waals surface area contributed by atoms with Crippen LogP contribution in [0.15, 0.2) is 41.3 Å². The van der Waals surface area contributed by atoms with Gasteiger partial charge in [0.2, 0.25) is 11.8 Å². The lowest BCUT2D eigenvalue weighted by Crippen LogP contribution is -2.36. The van der Waals surface area contributed by atoms with Gasteiger partial charge in [-0.2, -0.15) is 0 Å². The molecule has 1 aliphatic carbocycles. The number of fused-ring (bicyclic) bond motifs is 1. The zero-order chi connectivity index (χ0) is 22.3. The Hall–Kier alpha value is -2.45. The first kappa shape index (κ1) is 21.8. The molecular weight excluding hydrogens is 443 g/mol. The number of amides is 2. The molecule has 0 aromatic heterocycles. The molecule has 2 amide bonds. The molecule has 1 saturated carbocycles. The molecule has 31 heavy (non-hydrogen) atoms. The average Bonchev–Trinajstić information content (AvgIpc) is 3.50. The Morgan fingerprint density at radius 3 is 2.61 bits per heavy atom. The third kappa shape index (κ3) is 4.60. The second-order valence-electron chi connectivity index (χ2n) is 8.07. The second kappa shape index (κ2) is 8.24. The number of anilines is 2. The molecule has 0 bridgehead atoms. The molecule has 2 aromatic rings. The molecular formula is C22H22ClFN2O4S. The van der Waals surface area contributed by atoms with Gasteiger partial charge in [-0.25, -0.2) is 12.8 Å². The standard InChI is InChI=1S/C22H22ClFN2O4S/c1-13-10-15-11-17(5-7-20(15)26(13)22(28)14-2-3-14)31(29,30)9-8-21(27)25-19-6-4-16(24)12-18(19)23/h4-7,11-14H,2-3,8-10H2,1H3,(H,25,27)/t13-/m0/s1. The third-order valence-electron chi connectivity index (χ3n) is 5.59. The minimum Gasteiger partial charge on any atom is -0.325 e. The first-order valence-electron chi connectivity index (χ1n) is 10.1. The van der Waals surface area contributed by atoms with Crippen molar-refractivity contribution in [2.24, 2.45) is 5.92 Å². The molecule has 164 valence electrons. The lowest BCUT2D eigenvalue weighted by Gasteiger charge is -2.22. The molecule has 1 N–H and O–H groups in total. The quantitative estimate of drug-likeness (QED) is 0.701. The van der Waals surface area contributed by atoms with E-state index >= 15 is 0 Å². The predicted octanol–water partition coefficient (Wildman–Crippen LogP) is 3.97. The largest absolute Gasteiger partial charge is 0.325 e. The zero-order valence-electron chi connectivity index (χ0n) is 16.9. The molecule has 2 aromatic carbocycles. The van der Waals surface area contributed by atoms with Gasteiger partial charge in [0.05, 0.1) is 21.4 Å². The summed E-state index contributed by atoms with van der Waals surface area (Å²) in [5, 5.41) is 2.53. The summed E-state index contributed by atoms with van der Waals surface area (Å²) in [6.45, 7) is 1.96. The van der Waals surface area contributed by atoms with Gasteiger partial charge in [0.1, 0.15) is 5.82 Å². The van der Waals surface area contributed by atoms with Crippen LogP contribution in [0.1, 0.15) is 31.7 Å². The number of benzene rings is 2. The summed E-state index contributed by atoms with van der Waals surface area (Å²) in [4.78, 5) is 26.7. The van der Waals surface area contributed by atoms with E-state index in [-0.39, 0.29) is 45.6 Å². The highest BCUT2D eigenvalue weighted by Crippen LogP contribution is 2.39. The number of nitrogens with zero attached hydrogens (tertiary/aromatic N) is 1. The number of carbonyl (C=O) groups is 2. The van der Waals surface area contributed by atoms with Crippen LogP contribution in [0.5, 0.6) is 0 Å². The van der Waals surface area contributed by atoms with Crippen LogP contribution in [0.25, 0.3) is 0 Å². The highest BCUT2D eigenvalue weighted by molar-refractivity contribution is 7.91. The van der Waals surface area contributed by atoms with Crippen molar-refractivity contribution in [3.05, 3.63) is 52.8 Å². The average molecular weight is 465 g/mol. The molecule has 1 aliphatic heterocycles. The van der Waals surface area contributed by atoms with Crippen LogP contribution in [0, 0.1) is 11.7 Å². The topological polar surface area (TPSA) is 83.6 Å². The maximum Gasteiger partial charge on any atom is 0.230 e. The van der Waals surface area contributed by atoms with Crippen LogP contribution < -0.4 is 10.2 Å². The molecule has 9 heteroatoms. The highest BCUT2D eigenvalue weighted by atomic mass is 35.5. The van der Waals surface area contributed by atoms with Gasteiger partial charge in [-0.1, -0.05) is 11.6 Å². The Morgan fingerprint density at radius 1 is 1.19 bits per heavy atom. The lowest BCUT2D eigenvalue weighted by atomic mass is 10.1. The Bertz CT molecular complexity index is 1160. The lowest BCUT2D eigenvalue weighted by molar-refractivity contribution is -0.120. The summed E-state index contributed by atoms with van der Waals surface area (Å²) >= 11 is 5.88. The van der Waals surface area contributed by atoms with E-state index in [1.54, 1.807) is 17.0 Å². The maximum absolute atomic E-state index is 13.1. The number of hydrogen-bond acceptors (Lipinski definition) is 4. The van der Waals surface area contributed by atoms with E-state index in [2.05, 4.69) is 5.32 Å². The third-order valence-corrected chi connectivity index (χ3v) is 7.62. The molecule has 1 fully saturated rings. The molecule has 2 aliphatic rings. The Kier molecular flexibility index (Phi) is 5.79. The van der Waals surface area contributed by atoms with E-state index in [0.717, 1.165) is 36.2 Å². The van der Waals surface area contributed by atoms with Crippen LogP contribution in [0.3, 0.4) is 0 Å². The van der Waals surface area contributed by atoms with E-state index in [9.17, 15) is 22.4 Å². The number of halogens is 2. The molecule has 1 heterocycles. The van der Waals surface area contributed by atoms with E-state index < -0.39 is 21.6 Å². The number of rotatable bonds is 6. The van der Waals surface area contributed by atoms with Crippen LogP contribution >= 0.6 is 11.6 Å². The van der Waals surface area contributed by atoms with Crippen LogP contribution in [-0.2, 0) is 25.8 Å². The van der Waals surface area contributed by atoms with Crippen LogP contribution in [0.4, 0.5) is 15.8 Å². The molecule has 0 spiro atoms. The normalized spacial score (nSPS) is 18.0. The fourth-order valence-electron chi connectivity index (χ4n) is 3.81. The van der Waals surface area contributed by atoms with Crippen molar-refractivity contribution >= 4 is 44.6 Å². The van der Waals surface area contributed by atoms with Gasteiger partial charge in [-0.3, -0.25) is 9.59 Å². The smallest absolute Gasteiger partial charge is 0.230 e. The summed E-state index contributed by atoms with van der Waals surface area (Å²) in [5.74, 6) is -1.25. The van der Waals surface area contributed by atoms with Crippen LogP contribution in [0.2, 0.25) is 5.02 Å². The first-order chi connectivity index (χ1) is 14.7. The number of carbonyl (C=O) groups excluding carboxylic acids is 2. The van der Waals surface area contributed by atoms with Crippen molar-refractivity contribution in [2.45, 2.75) is 43.5 Å². The van der Waals surface area contributed by atoms with E-state index in [0.29, 0.717) is 6.42 Å². The van der Waals surface area contributed by atoms with Gasteiger partial charge in [0.25, 0.3) is 0 Å². The molecule has 0 unspecified atom stereocenters. The van der Waals surface area contributed by atoms with Crippen molar-refractivity contribution in [2.75, 3.05) is 16.0 Å². The Labute approximate surface area is 185 Å². The maximum atomic E-state index is 13.1. The molecule has 0 saturated heterocycles. The predicted molar refractivity (Wildman–Crippen MR) is 117 cm³/mol. The fraction of sp³-hybridized carbons (Fsp3) is 0.364. The monoisotopic (exact) mass is 464 g/mol. The van der Waals surface area contributed by atoms with Crippen molar-refractivity contribution in [1.82, 2.24) is 0 Å². The second-order valence-corrected chi connectivity index (χ2v) is 10.6. The van der Waals surface area contributed by atoms with E-state index in [1.807, 2.05) is 6.92 Å². The molecule has 0 radical (unpaired) electrons. The van der Waals surface area contributed by atoms with Gasteiger partial charge < -0.3 is 10.2 Å². The number of nitrogens with one attached hydrogen (secondary N) is 1. The first-order valence-corrected chi connectivity index (χ1v) is 12.1. The minimum atomic E-state index is -3.70. The summed E-state index contributed by atoms with van der Waals surface area (Å²) in [6, 6.07) is 8.32. The molecule has 1 atom stereocenters. The van der Waals surface area contributed by atoms with Gasteiger partial charge in [0, 0.05) is 24.1 Å². The van der Waals surface area contributed by atoms with E-state index in [4.69, 9.17) is 11.6 Å².